The van der Waals surface area contributed by atoms with Gasteiger partial charge in [0.25, 0.3) is 0 Å². The highest BCUT2D eigenvalue weighted by atomic mass is 16.2. The number of hydrazine groups is 1. The largest absolute Gasteiger partial charge is 0.310 e. The first-order valence-electron chi connectivity index (χ1n) is 6.11. The van der Waals surface area contributed by atoms with Gasteiger partial charge in [0.05, 0.1) is 0 Å². The topological polar surface area (TPSA) is 44.4 Å². The summed E-state index contributed by atoms with van der Waals surface area (Å²) in [7, 11) is 0. The molecule has 1 fully saturated rings. The lowest BCUT2D eigenvalue weighted by Crippen LogP contribution is -2.47. The van der Waals surface area contributed by atoms with Crippen molar-refractivity contribution < 1.29 is 4.79 Å². The van der Waals surface area contributed by atoms with Crippen LogP contribution in [0, 0.1) is 5.41 Å². The molecule has 0 spiro atoms. The first-order valence-corrected chi connectivity index (χ1v) is 6.11. The highest BCUT2D eigenvalue weighted by molar-refractivity contribution is 5.80. The Morgan fingerprint density at radius 1 is 1.38 bits per heavy atom. The minimum absolute atomic E-state index is 0.0951. The van der Waals surface area contributed by atoms with Gasteiger partial charge in [-0.15, -0.1) is 0 Å². The minimum Gasteiger partial charge on any atom is -0.310 e. The molecule has 0 bridgehead atoms. The summed E-state index contributed by atoms with van der Waals surface area (Å²) in [6.07, 6.45) is 1.10. The van der Waals surface area contributed by atoms with Gasteiger partial charge in [-0.2, -0.15) is 0 Å². The van der Waals surface area contributed by atoms with Gasteiger partial charge in [0, 0.05) is 30.6 Å². The van der Waals surface area contributed by atoms with Gasteiger partial charge in [-0.3, -0.25) is 10.2 Å². The second-order valence-corrected chi connectivity index (χ2v) is 5.94. The molecule has 0 radical (unpaired) electrons. The van der Waals surface area contributed by atoms with Crippen molar-refractivity contribution in [3.63, 3.8) is 0 Å². The van der Waals surface area contributed by atoms with Crippen LogP contribution >= 0.6 is 0 Å². The summed E-state index contributed by atoms with van der Waals surface area (Å²) >= 11 is 0. The second kappa shape index (κ2) is 5.15. The first kappa shape index (κ1) is 13.5. The average molecular weight is 227 g/mol. The molecule has 1 aliphatic rings. The maximum absolute atomic E-state index is 11.8. The van der Waals surface area contributed by atoms with E-state index in [1.165, 1.54) is 0 Å². The number of hydrogen-bond acceptors (Lipinski definition) is 3. The summed E-state index contributed by atoms with van der Waals surface area (Å²) in [6.45, 7) is 11.9. The Morgan fingerprint density at radius 3 is 2.50 bits per heavy atom. The molecule has 4 nitrogen and oxygen atoms in total. The molecule has 0 aliphatic carbocycles. The van der Waals surface area contributed by atoms with Crippen molar-refractivity contribution in [2.75, 3.05) is 13.1 Å². The number of carbonyl (C=O) groups is 1. The van der Waals surface area contributed by atoms with Gasteiger partial charge in [-0.05, 0) is 6.42 Å². The molecule has 1 saturated heterocycles. The van der Waals surface area contributed by atoms with Crippen LogP contribution in [0.15, 0.2) is 0 Å². The summed E-state index contributed by atoms with van der Waals surface area (Å²) in [6, 6.07) is 1.00. The summed E-state index contributed by atoms with van der Waals surface area (Å²) in [4.78, 5) is 11.8. The van der Waals surface area contributed by atoms with Gasteiger partial charge in [0.15, 0.2) is 0 Å². The lowest BCUT2D eigenvalue weighted by Gasteiger charge is -2.24. The fourth-order valence-corrected chi connectivity index (χ4v) is 1.78. The van der Waals surface area contributed by atoms with Crippen molar-refractivity contribution in [2.24, 2.45) is 5.41 Å². The molecule has 1 aliphatic heterocycles. The predicted octanol–water partition coefficient (Wildman–Crippen LogP) is 1.14. The third-order valence-electron chi connectivity index (χ3n) is 2.70. The van der Waals surface area contributed by atoms with Crippen molar-refractivity contribution >= 4 is 5.91 Å². The van der Waals surface area contributed by atoms with Gasteiger partial charge in [-0.1, -0.05) is 34.6 Å². The van der Waals surface area contributed by atoms with E-state index in [4.69, 9.17) is 0 Å². The molecule has 1 atom stereocenters. The zero-order valence-corrected chi connectivity index (χ0v) is 11.1. The third-order valence-corrected chi connectivity index (χ3v) is 2.70. The molecule has 16 heavy (non-hydrogen) atoms. The van der Waals surface area contributed by atoms with E-state index in [-0.39, 0.29) is 11.3 Å². The smallest absolute Gasteiger partial charge is 0.239 e. The molecule has 0 aromatic heterocycles. The number of carbonyl (C=O) groups excluding carboxylic acids is 1. The molecule has 2 N–H and O–H groups in total. The second-order valence-electron chi connectivity index (χ2n) is 5.94. The van der Waals surface area contributed by atoms with Gasteiger partial charge in [0.2, 0.25) is 5.91 Å². The molecular weight excluding hydrogens is 202 g/mol. The van der Waals surface area contributed by atoms with E-state index in [2.05, 4.69) is 24.6 Å². The Kier molecular flexibility index (Phi) is 4.33. The predicted molar refractivity (Wildman–Crippen MR) is 65.8 cm³/mol. The van der Waals surface area contributed by atoms with Crippen LogP contribution in [-0.2, 0) is 4.79 Å². The molecule has 0 aromatic rings. The number of hydrogen-bond donors (Lipinski definition) is 2. The quantitative estimate of drug-likeness (QED) is 0.760. The standard InChI is InChI=1S/C12H25N3O/c1-9(2)13-10-6-7-15(8-10)14-11(16)12(3,4)5/h9-10,13H,6-8H2,1-5H3,(H,14,16). The normalized spacial score (nSPS) is 22.8. The van der Waals surface area contributed by atoms with E-state index < -0.39 is 0 Å². The van der Waals surface area contributed by atoms with E-state index in [0.717, 1.165) is 19.5 Å². The average Bonchev–Trinajstić information content (AvgIpc) is 2.49. The Balaban J connectivity index is 2.34. The van der Waals surface area contributed by atoms with Crippen LogP contribution in [0.25, 0.3) is 0 Å². The van der Waals surface area contributed by atoms with E-state index in [9.17, 15) is 4.79 Å². The number of amides is 1. The van der Waals surface area contributed by atoms with Crippen LogP contribution < -0.4 is 10.7 Å². The highest BCUT2D eigenvalue weighted by Gasteiger charge is 2.28. The van der Waals surface area contributed by atoms with E-state index in [1.54, 1.807) is 0 Å². The first-order chi connectivity index (χ1) is 7.29. The van der Waals surface area contributed by atoms with E-state index in [1.807, 2.05) is 25.8 Å². The maximum atomic E-state index is 11.8. The molecule has 0 saturated carbocycles. The molecule has 1 heterocycles. The molecule has 1 amide bonds. The highest BCUT2D eigenvalue weighted by Crippen LogP contribution is 2.14. The Bertz CT molecular complexity index is 245. The number of nitrogens with zero attached hydrogens (tertiary/aromatic N) is 1. The van der Waals surface area contributed by atoms with E-state index >= 15 is 0 Å². The molecular formula is C12H25N3O. The van der Waals surface area contributed by atoms with Crippen molar-refractivity contribution in [1.29, 1.82) is 0 Å². The molecule has 0 aromatic carbocycles. The summed E-state index contributed by atoms with van der Waals surface area (Å²) in [5.74, 6) is 0.0951. The summed E-state index contributed by atoms with van der Waals surface area (Å²) in [5.41, 5.74) is 2.66. The molecule has 94 valence electrons. The van der Waals surface area contributed by atoms with Crippen LogP contribution in [-0.4, -0.2) is 36.1 Å². The Labute approximate surface area is 98.7 Å². The Hall–Kier alpha value is -0.610. The minimum atomic E-state index is -0.316. The molecule has 4 heteroatoms. The summed E-state index contributed by atoms with van der Waals surface area (Å²) < 4.78 is 0. The third kappa shape index (κ3) is 4.10. The Morgan fingerprint density at radius 2 is 2.00 bits per heavy atom. The van der Waals surface area contributed by atoms with Crippen molar-refractivity contribution in [2.45, 2.75) is 53.1 Å². The van der Waals surface area contributed by atoms with Crippen molar-refractivity contribution in [1.82, 2.24) is 15.8 Å². The lowest BCUT2D eigenvalue weighted by molar-refractivity contribution is -0.133. The monoisotopic (exact) mass is 227 g/mol. The van der Waals surface area contributed by atoms with Gasteiger partial charge in [-0.25, -0.2) is 5.01 Å². The molecule has 1 unspecified atom stereocenters. The molecule has 1 rings (SSSR count). The van der Waals surface area contributed by atoms with Crippen LogP contribution in [0.4, 0.5) is 0 Å². The SMILES string of the molecule is CC(C)NC1CCN(NC(=O)C(C)(C)C)C1. The van der Waals surface area contributed by atoms with Crippen LogP contribution in [0.3, 0.4) is 0 Å². The zero-order valence-electron chi connectivity index (χ0n) is 11.1. The van der Waals surface area contributed by atoms with Crippen molar-refractivity contribution in [3.8, 4) is 0 Å². The van der Waals surface area contributed by atoms with Crippen molar-refractivity contribution in [3.05, 3.63) is 0 Å². The fourth-order valence-electron chi connectivity index (χ4n) is 1.78. The number of rotatable bonds is 3. The van der Waals surface area contributed by atoms with Crippen LogP contribution in [0.1, 0.15) is 41.0 Å². The van der Waals surface area contributed by atoms with Gasteiger partial charge >= 0.3 is 0 Å². The van der Waals surface area contributed by atoms with Crippen LogP contribution in [0.5, 0.6) is 0 Å². The fraction of sp³-hybridized carbons (Fsp3) is 0.917. The van der Waals surface area contributed by atoms with Gasteiger partial charge < -0.3 is 5.32 Å². The lowest BCUT2D eigenvalue weighted by atomic mass is 9.96. The maximum Gasteiger partial charge on any atom is 0.239 e. The number of nitrogens with one attached hydrogen (secondary N) is 2. The summed E-state index contributed by atoms with van der Waals surface area (Å²) in [5, 5.41) is 5.51. The van der Waals surface area contributed by atoms with Crippen LogP contribution in [0.2, 0.25) is 0 Å². The van der Waals surface area contributed by atoms with Gasteiger partial charge in [0.1, 0.15) is 0 Å². The van der Waals surface area contributed by atoms with E-state index in [0.29, 0.717) is 12.1 Å². The zero-order chi connectivity index (χ0) is 12.3.